The van der Waals surface area contributed by atoms with Crippen LogP contribution in [0.4, 0.5) is 10.1 Å². The van der Waals surface area contributed by atoms with E-state index < -0.39 is 23.8 Å². The number of nitrogens with one attached hydrogen (secondary N) is 1. The summed E-state index contributed by atoms with van der Waals surface area (Å²) in [6, 6.07) is 8.23. The molecule has 0 aliphatic rings. The highest BCUT2D eigenvalue weighted by Crippen LogP contribution is 2.25. The first-order valence-electron chi connectivity index (χ1n) is 7.46. The van der Waals surface area contributed by atoms with Crippen LogP contribution in [0, 0.1) is 5.82 Å². The van der Waals surface area contributed by atoms with E-state index in [1.165, 1.54) is 19.9 Å². The zero-order valence-corrected chi connectivity index (χ0v) is 15.3. The Morgan fingerprint density at radius 1 is 1.12 bits per heavy atom. The Morgan fingerprint density at radius 2 is 1.81 bits per heavy atom. The summed E-state index contributed by atoms with van der Waals surface area (Å²) in [6.07, 6.45) is -1.18. The van der Waals surface area contributed by atoms with E-state index in [1.807, 2.05) is 0 Å². The first-order chi connectivity index (χ1) is 12.2. The van der Waals surface area contributed by atoms with Gasteiger partial charge in [0.1, 0.15) is 5.82 Å². The number of esters is 1. The van der Waals surface area contributed by atoms with Gasteiger partial charge in [-0.1, -0.05) is 35.3 Å². The molecule has 1 amide bonds. The molecule has 0 aliphatic heterocycles. The van der Waals surface area contributed by atoms with Crippen molar-refractivity contribution in [1.82, 2.24) is 0 Å². The second-order valence-corrected chi connectivity index (χ2v) is 6.23. The van der Waals surface area contributed by atoms with Crippen LogP contribution in [-0.4, -0.2) is 23.8 Å². The highest BCUT2D eigenvalue weighted by Gasteiger charge is 2.22. The molecule has 0 saturated heterocycles. The van der Waals surface area contributed by atoms with Gasteiger partial charge in [0.2, 0.25) is 0 Å². The molecule has 0 aromatic heterocycles. The highest BCUT2D eigenvalue weighted by atomic mass is 35.5. The molecule has 0 saturated carbocycles. The van der Waals surface area contributed by atoms with E-state index in [0.717, 1.165) is 12.1 Å². The van der Waals surface area contributed by atoms with E-state index >= 15 is 0 Å². The third kappa shape index (κ3) is 4.80. The van der Waals surface area contributed by atoms with E-state index in [-0.39, 0.29) is 21.4 Å². The topological polar surface area (TPSA) is 72.5 Å². The van der Waals surface area contributed by atoms with E-state index in [0.29, 0.717) is 11.3 Å². The second-order valence-electron chi connectivity index (χ2n) is 5.42. The van der Waals surface area contributed by atoms with Crippen molar-refractivity contribution in [2.45, 2.75) is 20.0 Å². The lowest BCUT2D eigenvalue weighted by Gasteiger charge is -2.14. The fourth-order valence-electron chi connectivity index (χ4n) is 2.02. The quantitative estimate of drug-likeness (QED) is 0.457. The summed E-state index contributed by atoms with van der Waals surface area (Å²) in [4.78, 5) is 35.6. The Labute approximate surface area is 159 Å². The van der Waals surface area contributed by atoms with Crippen molar-refractivity contribution < 1.29 is 23.5 Å². The molecule has 2 aromatic rings. The second kappa shape index (κ2) is 8.29. The van der Waals surface area contributed by atoms with Crippen LogP contribution < -0.4 is 5.32 Å². The molecule has 1 N–H and O–H groups in total. The number of rotatable bonds is 5. The normalized spacial score (nSPS) is 11.6. The summed E-state index contributed by atoms with van der Waals surface area (Å²) in [5.41, 5.74) is 0.559. The van der Waals surface area contributed by atoms with E-state index in [2.05, 4.69) is 5.32 Å². The number of ether oxygens (including phenoxy) is 1. The molecular weight excluding hydrogens is 384 g/mol. The van der Waals surface area contributed by atoms with Crippen molar-refractivity contribution in [3.8, 4) is 0 Å². The van der Waals surface area contributed by atoms with E-state index in [4.69, 9.17) is 27.9 Å². The molecule has 0 fully saturated rings. The van der Waals surface area contributed by atoms with Crippen LogP contribution in [0.5, 0.6) is 0 Å². The predicted octanol–water partition coefficient (Wildman–Crippen LogP) is 4.52. The Morgan fingerprint density at radius 3 is 2.46 bits per heavy atom. The first-order valence-corrected chi connectivity index (χ1v) is 8.22. The average molecular weight is 398 g/mol. The van der Waals surface area contributed by atoms with Gasteiger partial charge in [0.05, 0.1) is 15.6 Å². The number of Topliss-reactive ketones (excluding diaryl/α,β-unsaturated/α-hetero) is 1. The van der Waals surface area contributed by atoms with Gasteiger partial charge >= 0.3 is 5.97 Å². The van der Waals surface area contributed by atoms with E-state index in [9.17, 15) is 18.8 Å². The predicted molar refractivity (Wildman–Crippen MR) is 96.4 cm³/mol. The largest absolute Gasteiger partial charge is 0.449 e. The fourth-order valence-corrected chi connectivity index (χ4v) is 2.48. The third-order valence-corrected chi connectivity index (χ3v) is 4.02. The van der Waals surface area contributed by atoms with Crippen LogP contribution in [-0.2, 0) is 9.53 Å². The minimum Gasteiger partial charge on any atom is -0.449 e. The van der Waals surface area contributed by atoms with Gasteiger partial charge in [-0.2, -0.15) is 0 Å². The minimum absolute atomic E-state index is 0.0943. The van der Waals surface area contributed by atoms with Gasteiger partial charge in [0.15, 0.2) is 11.9 Å². The molecule has 8 heteroatoms. The van der Waals surface area contributed by atoms with Gasteiger partial charge in [-0.15, -0.1) is 0 Å². The van der Waals surface area contributed by atoms with Gasteiger partial charge in [-0.05, 0) is 38.1 Å². The minimum atomic E-state index is -1.18. The molecular formula is C18H14Cl2FNO4. The Balaban J connectivity index is 2.07. The summed E-state index contributed by atoms with van der Waals surface area (Å²) in [5.74, 6) is -2.57. The number of benzene rings is 2. The number of halogens is 3. The molecule has 0 unspecified atom stereocenters. The number of hydrogen-bond donors (Lipinski definition) is 1. The van der Waals surface area contributed by atoms with Crippen molar-refractivity contribution in [2.24, 2.45) is 0 Å². The summed E-state index contributed by atoms with van der Waals surface area (Å²) in [5, 5.41) is 2.20. The molecule has 0 heterocycles. The van der Waals surface area contributed by atoms with Gasteiger partial charge in [-0.25, -0.2) is 9.18 Å². The lowest BCUT2D eigenvalue weighted by Crippen LogP contribution is -2.30. The Hall–Kier alpha value is -2.44. The van der Waals surface area contributed by atoms with Gasteiger partial charge in [0, 0.05) is 11.3 Å². The van der Waals surface area contributed by atoms with Crippen LogP contribution in [0.25, 0.3) is 0 Å². The van der Waals surface area contributed by atoms with Crippen LogP contribution in [0.1, 0.15) is 34.6 Å². The van der Waals surface area contributed by atoms with Crippen LogP contribution in [0.3, 0.4) is 0 Å². The Kier molecular flexibility index (Phi) is 6.34. The zero-order chi connectivity index (χ0) is 19.4. The van der Waals surface area contributed by atoms with Crippen LogP contribution in [0.15, 0.2) is 36.4 Å². The van der Waals surface area contributed by atoms with Crippen molar-refractivity contribution in [3.63, 3.8) is 0 Å². The molecule has 2 aromatic carbocycles. The molecule has 0 aliphatic carbocycles. The maximum atomic E-state index is 13.5. The summed E-state index contributed by atoms with van der Waals surface area (Å²) in [7, 11) is 0. The number of carbonyl (C=O) groups excluding carboxylic acids is 3. The van der Waals surface area contributed by atoms with Crippen LogP contribution in [0.2, 0.25) is 10.0 Å². The maximum absolute atomic E-state index is 13.5. The molecule has 5 nitrogen and oxygen atoms in total. The SMILES string of the molecule is CC(=O)c1cccc(NC(=O)[C@@H](C)OC(=O)c2cc(F)c(Cl)cc2Cl)c1. The van der Waals surface area contributed by atoms with Crippen molar-refractivity contribution in [3.05, 3.63) is 63.4 Å². The summed E-state index contributed by atoms with van der Waals surface area (Å²) in [6.45, 7) is 2.75. The van der Waals surface area contributed by atoms with Crippen LogP contribution >= 0.6 is 23.2 Å². The molecule has 0 radical (unpaired) electrons. The van der Waals surface area contributed by atoms with Gasteiger partial charge in [-0.3, -0.25) is 9.59 Å². The highest BCUT2D eigenvalue weighted by molar-refractivity contribution is 6.36. The average Bonchev–Trinajstić information content (AvgIpc) is 2.58. The van der Waals surface area contributed by atoms with E-state index in [1.54, 1.807) is 18.2 Å². The zero-order valence-electron chi connectivity index (χ0n) is 13.8. The molecule has 26 heavy (non-hydrogen) atoms. The number of hydrogen-bond acceptors (Lipinski definition) is 4. The van der Waals surface area contributed by atoms with Gasteiger partial charge in [0.25, 0.3) is 5.91 Å². The van der Waals surface area contributed by atoms with Crippen molar-refractivity contribution >= 4 is 46.5 Å². The standard InChI is InChI=1S/C18H14Cl2FNO4/c1-9(23)11-4-3-5-12(6-11)22-17(24)10(2)26-18(25)13-7-16(21)15(20)8-14(13)19/h3-8,10H,1-2H3,(H,22,24)/t10-/m1/s1. The third-order valence-electron chi connectivity index (χ3n) is 3.42. The first kappa shape index (κ1) is 19.9. The monoisotopic (exact) mass is 397 g/mol. The molecule has 0 bridgehead atoms. The molecule has 136 valence electrons. The van der Waals surface area contributed by atoms with Crippen molar-refractivity contribution in [2.75, 3.05) is 5.32 Å². The lowest BCUT2D eigenvalue weighted by atomic mass is 10.1. The summed E-state index contributed by atoms with van der Waals surface area (Å²) < 4.78 is 18.5. The molecule has 2 rings (SSSR count). The van der Waals surface area contributed by atoms with Crippen molar-refractivity contribution in [1.29, 1.82) is 0 Å². The maximum Gasteiger partial charge on any atom is 0.340 e. The number of anilines is 1. The van der Waals surface area contributed by atoms with Gasteiger partial charge < -0.3 is 10.1 Å². The number of amides is 1. The smallest absolute Gasteiger partial charge is 0.340 e. The lowest BCUT2D eigenvalue weighted by molar-refractivity contribution is -0.123. The molecule has 1 atom stereocenters. The molecule has 0 spiro atoms. The summed E-state index contributed by atoms with van der Waals surface area (Å²) >= 11 is 11.4. The Bertz CT molecular complexity index is 885. The number of carbonyl (C=O) groups is 3. The fraction of sp³-hybridized carbons (Fsp3) is 0.167. The number of ketones is 1.